The Kier molecular flexibility index (Phi) is 9.43. The first-order valence-electron chi connectivity index (χ1n) is 28.7. The summed E-state index contributed by atoms with van der Waals surface area (Å²) in [7, 11) is 0. The highest BCUT2D eigenvalue weighted by molar-refractivity contribution is 7.25. The number of aromatic amines is 2. The first kappa shape index (κ1) is 45.8. The van der Waals surface area contributed by atoms with Gasteiger partial charge in [0.15, 0.2) is 0 Å². The van der Waals surface area contributed by atoms with Crippen molar-refractivity contribution in [3.8, 4) is 55.9 Å². The molecule has 6 heteroatoms. The van der Waals surface area contributed by atoms with Crippen LogP contribution < -0.4 is 0 Å². The van der Waals surface area contributed by atoms with Gasteiger partial charge < -0.3 is 23.5 Å². The first-order valence-corrected chi connectivity index (χ1v) is 29.5. The fourth-order valence-electron chi connectivity index (χ4n) is 14.3. The second-order valence-corrected chi connectivity index (χ2v) is 23.5. The van der Waals surface area contributed by atoms with Crippen molar-refractivity contribution in [2.24, 2.45) is 0 Å². The molecule has 6 aromatic heterocycles. The van der Waals surface area contributed by atoms with E-state index in [1.165, 1.54) is 96.5 Å². The molecule has 0 aliphatic rings. The van der Waals surface area contributed by atoms with Crippen molar-refractivity contribution in [1.82, 2.24) is 19.1 Å². The highest BCUT2D eigenvalue weighted by Crippen LogP contribution is 2.49. The minimum atomic E-state index is 0.844. The van der Waals surface area contributed by atoms with Crippen LogP contribution in [-0.4, -0.2) is 19.1 Å². The minimum Gasteiger partial charge on any atom is -0.455 e. The summed E-state index contributed by atoms with van der Waals surface area (Å²) in [6.07, 6.45) is 0. The SMILES string of the molecule is c1ccc(-c2cccc(-n3c4ccccc4c4c5c(ccc43)[nH]c3cccc(-c4cccc6c4oc4cc(-c7cc8c(c9ccccc9n8-c8ccccc8)c8c7[nH]c7ccc(-c9ccc%10c(c9)sc9ccccc9%10)cc78)ccc46)c35)c2)cc1. The van der Waals surface area contributed by atoms with Crippen LogP contribution in [0.4, 0.5) is 0 Å². The molecule has 84 heavy (non-hydrogen) atoms. The van der Waals surface area contributed by atoms with Crippen LogP contribution in [0.1, 0.15) is 0 Å². The summed E-state index contributed by atoms with van der Waals surface area (Å²) in [5.74, 6) is 0. The minimum absolute atomic E-state index is 0.844. The molecular formula is C78H46N4OS. The summed E-state index contributed by atoms with van der Waals surface area (Å²) < 4.78 is 14.8. The van der Waals surface area contributed by atoms with Crippen molar-refractivity contribution in [3.05, 3.63) is 267 Å². The lowest BCUT2D eigenvalue weighted by molar-refractivity contribution is 0.670. The third-order valence-corrected chi connectivity index (χ3v) is 19.1. The molecule has 2 N–H and O–H groups in total. The van der Waals surface area contributed by atoms with E-state index in [2.05, 4.69) is 286 Å². The molecule has 19 rings (SSSR count). The van der Waals surface area contributed by atoms with E-state index in [1.807, 2.05) is 11.3 Å². The van der Waals surface area contributed by atoms with Gasteiger partial charge in [-0.2, -0.15) is 0 Å². The summed E-state index contributed by atoms with van der Waals surface area (Å²) in [6, 6.07) is 97.8. The van der Waals surface area contributed by atoms with Crippen molar-refractivity contribution in [3.63, 3.8) is 0 Å². The van der Waals surface area contributed by atoms with Gasteiger partial charge in [-0.1, -0.05) is 170 Å². The molecule has 19 aromatic rings. The highest BCUT2D eigenvalue weighted by Gasteiger charge is 2.25. The number of benzene rings is 13. The van der Waals surface area contributed by atoms with E-state index in [-0.39, 0.29) is 0 Å². The maximum atomic E-state index is 7.29. The Labute approximate surface area is 484 Å². The Morgan fingerprint density at radius 3 is 1.75 bits per heavy atom. The van der Waals surface area contributed by atoms with Crippen LogP contribution >= 0.6 is 11.3 Å². The first-order chi connectivity index (χ1) is 41.6. The Bertz CT molecular complexity index is 5990. The van der Waals surface area contributed by atoms with E-state index in [1.54, 1.807) is 0 Å². The summed E-state index contributed by atoms with van der Waals surface area (Å²) in [5.41, 5.74) is 22.2. The Hall–Kier alpha value is -10.9. The second-order valence-electron chi connectivity index (χ2n) is 22.5. The predicted molar refractivity (Wildman–Crippen MR) is 356 cm³/mol. The largest absolute Gasteiger partial charge is 0.455 e. The lowest BCUT2D eigenvalue weighted by Gasteiger charge is -2.11. The van der Waals surface area contributed by atoms with Crippen LogP contribution in [0.25, 0.3) is 185 Å². The fraction of sp³-hybridized carbons (Fsp3) is 0. The maximum absolute atomic E-state index is 7.29. The van der Waals surface area contributed by atoms with Crippen molar-refractivity contribution in [1.29, 1.82) is 0 Å². The van der Waals surface area contributed by atoms with Crippen LogP contribution in [0, 0.1) is 0 Å². The average Bonchev–Trinajstić information content (AvgIpc) is 1.90. The van der Waals surface area contributed by atoms with Gasteiger partial charge in [0.05, 0.1) is 27.6 Å². The van der Waals surface area contributed by atoms with Crippen LogP contribution in [0.3, 0.4) is 0 Å². The Morgan fingerprint density at radius 2 is 0.893 bits per heavy atom. The zero-order valence-electron chi connectivity index (χ0n) is 45.1. The third-order valence-electron chi connectivity index (χ3n) is 18.0. The van der Waals surface area contributed by atoms with Crippen molar-refractivity contribution < 1.29 is 4.42 Å². The number of para-hydroxylation sites is 4. The van der Waals surface area contributed by atoms with Crippen LogP contribution in [0.2, 0.25) is 0 Å². The van der Waals surface area contributed by atoms with Crippen LogP contribution in [0.15, 0.2) is 271 Å². The number of H-pyrrole nitrogens is 2. The number of nitrogens with one attached hydrogen (secondary N) is 2. The molecule has 0 spiro atoms. The van der Waals surface area contributed by atoms with Crippen molar-refractivity contribution in [2.75, 3.05) is 0 Å². The summed E-state index contributed by atoms with van der Waals surface area (Å²) in [6.45, 7) is 0. The number of hydrogen-bond acceptors (Lipinski definition) is 2. The van der Waals surface area contributed by atoms with Gasteiger partial charge in [-0.15, -0.1) is 11.3 Å². The van der Waals surface area contributed by atoms with Crippen molar-refractivity contribution in [2.45, 2.75) is 0 Å². The molecule has 0 radical (unpaired) electrons. The van der Waals surface area contributed by atoms with Gasteiger partial charge in [-0.25, -0.2) is 0 Å². The molecule has 0 unspecified atom stereocenters. The molecule has 0 bridgehead atoms. The quantitative estimate of drug-likeness (QED) is 0.171. The predicted octanol–water partition coefficient (Wildman–Crippen LogP) is 22.1. The number of furan rings is 1. The van der Waals surface area contributed by atoms with E-state index in [0.717, 1.165) is 88.7 Å². The zero-order valence-corrected chi connectivity index (χ0v) is 45.9. The monoisotopic (exact) mass is 1090 g/mol. The molecule has 13 aromatic carbocycles. The molecule has 5 nitrogen and oxygen atoms in total. The van der Waals surface area contributed by atoms with Gasteiger partial charge in [0.1, 0.15) is 11.2 Å². The van der Waals surface area contributed by atoms with E-state index >= 15 is 0 Å². The van der Waals surface area contributed by atoms with Gasteiger partial charge >= 0.3 is 0 Å². The summed E-state index contributed by atoms with van der Waals surface area (Å²) in [4.78, 5) is 7.87. The molecular weight excluding hydrogens is 1040 g/mol. The molecule has 0 atom stereocenters. The van der Waals surface area contributed by atoms with Gasteiger partial charge in [-0.3, -0.25) is 0 Å². The molecule has 0 aliphatic heterocycles. The number of rotatable bonds is 6. The van der Waals surface area contributed by atoms with Crippen LogP contribution in [-0.2, 0) is 0 Å². The summed E-state index contributed by atoms with van der Waals surface area (Å²) >= 11 is 1.87. The fourth-order valence-corrected chi connectivity index (χ4v) is 15.5. The number of aromatic nitrogens is 4. The zero-order chi connectivity index (χ0) is 54.7. The van der Waals surface area contributed by atoms with E-state index in [0.29, 0.717) is 0 Å². The number of nitrogens with zero attached hydrogens (tertiary/aromatic N) is 2. The molecule has 0 saturated heterocycles. The highest BCUT2D eigenvalue weighted by atomic mass is 32.1. The molecule has 0 amide bonds. The standard InChI is InChI=1S/C78H46N4OS/c1-3-16-45(17-4-1)46-18-13-21-51(40-46)82-66-30-11-7-23-58(66)73-67(82)39-38-64-76(73)72-55(25-15-28-63(72)79-64)57-27-14-26-56-52-35-33-49(42-69(52)83-78(56)57)60-44-68-74(59-24-8-10-29-65(59)81(68)50-19-5-2-6-20-50)75-61-41-47(34-37-62(61)80-77(60)75)48-32-36-54-53-22-9-12-31-70(53)84-71(54)43-48/h1-44,79-80H. The van der Waals surface area contributed by atoms with Gasteiger partial charge in [0, 0.05) is 113 Å². The van der Waals surface area contributed by atoms with E-state index in [4.69, 9.17) is 4.42 Å². The summed E-state index contributed by atoms with van der Waals surface area (Å²) in [5, 5.41) is 14.5. The van der Waals surface area contributed by atoms with Gasteiger partial charge in [-0.05, 0) is 130 Å². The molecule has 0 aliphatic carbocycles. The Morgan fingerprint density at radius 1 is 0.286 bits per heavy atom. The van der Waals surface area contributed by atoms with E-state index < -0.39 is 0 Å². The number of thiophene rings is 1. The molecule has 0 saturated carbocycles. The number of hydrogen-bond donors (Lipinski definition) is 2. The molecule has 390 valence electrons. The van der Waals surface area contributed by atoms with Gasteiger partial charge in [0.2, 0.25) is 0 Å². The van der Waals surface area contributed by atoms with Crippen LogP contribution in [0.5, 0.6) is 0 Å². The smallest absolute Gasteiger partial charge is 0.143 e. The topological polar surface area (TPSA) is 54.6 Å². The van der Waals surface area contributed by atoms with E-state index in [9.17, 15) is 0 Å². The average molecular weight is 1090 g/mol. The lowest BCUT2D eigenvalue weighted by Crippen LogP contribution is -1.94. The molecule has 0 fully saturated rings. The third kappa shape index (κ3) is 6.48. The van der Waals surface area contributed by atoms with Gasteiger partial charge in [0.25, 0.3) is 0 Å². The molecule has 6 heterocycles. The normalized spacial score (nSPS) is 12.3. The van der Waals surface area contributed by atoms with Crippen molar-refractivity contribution >= 4 is 141 Å². The Balaban J connectivity index is 0.815. The number of fused-ring (bicyclic) bond motifs is 20. The second kappa shape index (κ2) is 17.3. The maximum Gasteiger partial charge on any atom is 0.143 e. The lowest BCUT2D eigenvalue weighted by atomic mass is 9.95.